The van der Waals surface area contributed by atoms with Gasteiger partial charge in [0.25, 0.3) is 0 Å². The van der Waals surface area contributed by atoms with Crippen LogP contribution in [-0.4, -0.2) is 35.6 Å². The number of amides is 1. The van der Waals surface area contributed by atoms with Crippen molar-refractivity contribution in [3.63, 3.8) is 0 Å². The molecule has 0 aliphatic rings. The molecule has 28 heavy (non-hydrogen) atoms. The van der Waals surface area contributed by atoms with E-state index in [-0.39, 0.29) is 28.8 Å². The molecule has 1 aromatic carbocycles. The Balaban J connectivity index is 1.49. The number of halogens is 1. The van der Waals surface area contributed by atoms with Crippen LogP contribution in [-0.2, 0) is 21.4 Å². The Kier molecular flexibility index (Phi) is 6.40. The van der Waals surface area contributed by atoms with E-state index in [0.29, 0.717) is 12.4 Å². The number of pyridine rings is 1. The van der Waals surface area contributed by atoms with Crippen molar-refractivity contribution in [2.24, 2.45) is 0 Å². The van der Waals surface area contributed by atoms with Gasteiger partial charge in [0.2, 0.25) is 15.9 Å². The number of carbonyl (C=O) groups is 1. The maximum Gasteiger partial charge on any atom is 0.242 e. The monoisotopic (exact) mass is 419 g/mol. The third kappa shape index (κ3) is 5.16. The van der Waals surface area contributed by atoms with Crippen molar-refractivity contribution in [2.45, 2.75) is 17.9 Å². The molecule has 0 bridgehead atoms. The van der Waals surface area contributed by atoms with E-state index >= 15 is 0 Å². The zero-order valence-electron chi connectivity index (χ0n) is 14.7. The molecule has 0 atom stereocenters. The number of rotatable bonds is 8. The van der Waals surface area contributed by atoms with Gasteiger partial charge in [-0.3, -0.25) is 4.79 Å². The first kappa shape index (κ1) is 20.0. The molecule has 0 saturated carbocycles. The molecule has 0 unspecified atom stereocenters. The fourth-order valence-electron chi connectivity index (χ4n) is 2.43. The van der Waals surface area contributed by atoms with E-state index in [1.807, 2.05) is 6.07 Å². The second-order valence-electron chi connectivity index (χ2n) is 5.83. The summed E-state index contributed by atoms with van der Waals surface area (Å²) in [5, 5.41) is 6.99. The molecule has 0 aliphatic carbocycles. The van der Waals surface area contributed by atoms with Gasteiger partial charge in [-0.05, 0) is 35.9 Å². The standard InChI is InChI=1S/C18H18ClN5O3S/c19-15-4-1-2-5-16(15)28(26,27)23-10-7-18(25)21-13-14-6-9-20-17(12-14)24-11-3-8-22-24/h1-6,8-9,11-12,23H,7,10,13H2,(H,21,25). The summed E-state index contributed by atoms with van der Waals surface area (Å²) in [5.74, 6) is 0.364. The zero-order chi connectivity index (χ0) is 20.0. The Labute approximate surface area is 167 Å². The lowest BCUT2D eigenvalue weighted by molar-refractivity contribution is -0.121. The topological polar surface area (TPSA) is 106 Å². The highest BCUT2D eigenvalue weighted by Gasteiger charge is 2.17. The van der Waals surface area contributed by atoms with E-state index in [2.05, 4.69) is 20.1 Å². The Bertz CT molecular complexity index is 1050. The largest absolute Gasteiger partial charge is 0.352 e. The van der Waals surface area contributed by atoms with Gasteiger partial charge < -0.3 is 5.32 Å². The SMILES string of the molecule is O=C(CCNS(=O)(=O)c1ccccc1Cl)NCc1ccnc(-n2cccn2)c1. The molecule has 0 radical (unpaired) electrons. The predicted octanol–water partition coefficient (Wildman–Crippen LogP) is 1.91. The van der Waals surface area contributed by atoms with Crippen LogP contribution in [0.2, 0.25) is 5.02 Å². The number of hydrogen-bond donors (Lipinski definition) is 2. The van der Waals surface area contributed by atoms with Crippen LogP contribution in [0.1, 0.15) is 12.0 Å². The Morgan fingerprint density at radius 1 is 1.14 bits per heavy atom. The van der Waals surface area contributed by atoms with Crippen molar-refractivity contribution < 1.29 is 13.2 Å². The smallest absolute Gasteiger partial charge is 0.242 e. The van der Waals surface area contributed by atoms with Crippen LogP contribution >= 0.6 is 11.6 Å². The molecular weight excluding hydrogens is 402 g/mol. The molecule has 2 aromatic heterocycles. The van der Waals surface area contributed by atoms with Crippen molar-refractivity contribution in [3.05, 3.63) is 71.6 Å². The lowest BCUT2D eigenvalue weighted by Gasteiger charge is -2.09. The number of nitrogens with zero attached hydrogens (tertiary/aromatic N) is 3. The fraction of sp³-hybridized carbons (Fsp3) is 0.167. The Morgan fingerprint density at radius 3 is 2.71 bits per heavy atom. The minimum atomic E-state index is -3.76. The van der Waals surface area contributed by atoms with Gasteiger partial charge in [0.05, 0.1) is 5.02 Å². The van der Waals surface area contributed by atoms with Gasteiger partial charge in [0, 0.05) is 38.1 Å². The van der Waals surface area contributed by atoms with Gasteiger partial charge in [-0.25, -0.2) is 22.8 Å². The maximum atomic E-state index is 12.2. The molecular formula is C18H18ClN5O3S. The minimum absolute atomic E-state index is 0.000773. The summed E-state index contributed by atoms with van der Waals surface area (Å²) in [6.45, 7) is 0.265. The number of hydrogen-bond acceptors (Lipinski definition) is 5. The first-order valence-corrected chi connectivity index (χ1v) is 10.3. The minimum Gasteiger partial charge on any atom is -0.352 e. The van der Waals surface area contributed by atoms with Gasteiger partial charge in [-0.1, -0.05) is 23.7 Å². The number of sulfonamides is 1. The predicted molar refractivity (Wildman–Crippen MR) is 104 cm³/mol. The van der Waals surface area contributed by atoms with E-state index in [1.165, 1.54) is 12.1 Å². The van der Waals surface area contributed by atoms with Crippen molar-refractivity contribution in [2.75, 3.05) is 6.54 Å². The van der Waals surface area contributed by atoms with Gasteiger partial charge in [-0.2, -0.15) is 5.10 Å². The number of nitrogens with one attached hydrogen (secondary N) is 2. The third-order valence-corrected chi connectivity index (χ3v) is 5.77. The van der Waals surface area contributed by atoms with Crippen LogP contribution in [0.3, 0.4) is 0 Å². The van der Waals surface area contributed by atoms with Crippen LogP contribution < -0.4 is 10.0 Å². The molecule has 146 valence electrons. The summed E-state index contributed by atoms with van der Waals surface area (Å²) in [4.78, 5) is 16.2. The number of carbonyl (C=O) groups excluding carboxylic acids is 1. The highest BCUT2D eigenvalue weighted by atomic mass is 35.5. The molecule has 3 aromatic rings. The van der Waals surface area contributed by atoms with Crippen LogP contribution in [0.15, 0.2) is 66.0 Å². The molecule has 2 N–H and O–H groups in total. The van der Waals surface area contributed by atoms with E-state index in [0.717, 1.165) is 5.56 Å². The third-order valence-electron chi connectivity index (χ3n) is 3.81. The van der Waals surface area contributed by atoms with E-state index in [9.17, 15) is 13.2 Å². The normalized spacial score (nSPS) is 11.3. The molecule has 0 spiro atoms. The summed E-state index contributed by atoms with van der Waals surface area (Å²) in [7, 11) is -3.76. The van der Waals surface area contributed by atoms with Crippen LogP contribution in [0.4, 0.5) is 0 Å². The second-order valence-corrected chi connectivity index (χ2v) is 7.97. The van der Waals surface area contributed by atoms with Crippen LogP contribution in [0.25, 0.3) is 5.82 Å². The van der Waals surface area contributed by atoms with Gasteiger partial charge in [0.15, 0.2) is 5.82 Å². The van der Waals surface area contributed by atoms with E-state index < -0.39 is 10.0 Å². The summed E-state index contributed by atoms with van der Waals surface area (Å²) < 4.78 is 28.4. The molecule has 0 aliphatic heterocycles. The zero-order valence-corrected chi connectivity index (χ0v) is 16.3. The number of aromatic nitrogens is 3. The van der Waals surface area contributed by atoms with Crippen LogP contribution in [0, 0.1) is 0 Å². The summed E-state index contributed by atoms with van der Waals surface area (Å²) in [6, 6.07) is 11.5. The fourth-order valence-corrected chi connectivity index (χ4v) is 3.98. The Hall–Kier alpha value is -2.75. The molecule has 2 heterocycles. The van der Waals surface area contributed by atoms with E-state index in [4.69, 9.17) is 11.6 Å². The van der Waals surface area contributed by atoms with Crippen molar-refractivity contribution in [3.8, 4) is 5.82 Å². The second kappa shape index (κ2) is 8.96. The summed E-state index contributed by atoms with van der Waals surface area (Å²) >= 11 is 5.91. The first-order valence-electron chi connectivity index (χ1n) is 8.41. The molecule has 8 nitrogen and oxygen atoms in total. The van der Waals surface area contributed by atoms with Crippen molar-refractivity contribution in [1.82, 2.24) is 24.8 Å². The summed E-state index contributed by atoms with van der Waals surface area (Å²) in [5.41, 5.74) is 0.852. The van der Waals surface area contributed by atoms with Crippen molar-refractivity contribution >= 4 is 27.5 Å². The lowest BCUT2D eigenvalue weighted by Crippen LogP contribution is -2.30. The summed E-state index contributed by atoms with van der Waals surface area (Å²) in [6.07, 6.45) is 5.06. The average molecular weight is 420 g/mol. The maximum absolute atomic E-state index is 12.2. The molecule has 1 amide bonds. The number of benzene rings is 1. The van der Waals surface area contributed by atoms with Gasteiger partial charge in [-0.15, -0.1) is 0 Å². The molecule has 3 rings (SSSR count). The lowest BCUT2D eigenvalue weighted by atomic mass is 10.2. The van der Waals surface area contributed by atoms with E-state index in [1.54, 1.807) is 47.5 Å². The average Bonchev–Trinajstić information content (AvgIpc) is 3.21. The molecule has 10 heteroatoms. The van der Waals surface area contributed by atoms with Crippen molar-refractivity contribution in [1.29, 1.82) is 0 Å². The highest BCUT2D eigenvalue weighted by molar-refractivity contribution is 7.89. The molecule has 0 saturated heterocycles. The van der Waals surface area contributed by atoms with Gasteiger partial charge >= 0.3 is 0 Å². The molecule has 0 fully saturated rings. The highest BCUT2D eigenvalue weighted by Crippen LogP contribution is 2.19. The Morgan fingerprint density at radius 2 is 1.96 bits per heavy atom. The van der Waals surface area contributed by atoms with Gasteiger partial charge in [0.1, 0.15) is 4.90 Å². The quantitative estimate of drug-likeness (QED) is 0.580. The van der Waals surface area contributed by atoms with Crippen LogP contribution in [0.5, 0.6) is 0 Å². The first-order chi connectivity index (χ1) is 13.5.